The molecule has 0 bridgehead atoms. The smallest absolute Gasteiger partial charge is 0.310 e. The fourth-order valence-corrected chi connectivity index (χ4v) is 10.5. The number of fused-ring (bicyclic) bond motifs is 3. The fourth-order valence-electron chi connectivity index (χ4n) is 10.5. The third-order valence-corrected chi connectivity index (χ3v) is 14.7. The minimum Gasteiger partial charge on any atom is -0.489 e. The Hall–Kier alpha value is -9.21. The molecule has 9 aromatic rings. The van der Waals surface area contributed by atoms with E-state index < -0.39 is 59.6 Å². The first-order valence-corrected chi connectivity index (χ1v) is 27.6. The summed E-state index contributed by atoms with van der Waals surface area (Å²) in [6.07, 6.45) is -6.19. The number of esters is 2. The fraction of sp³-hybridized carbons (Fsp3) is 0.232. The monoisotopic (exact) mass is 1110 g/mol. The molecule has 0 unspecified atom stereocenters. The van der Waals surface area contributed by atoms with Crippen LogP contribution in [0.4, 0.5) is 0 Å². The predicted molar refractivity (Wildman–Crippen MR) is 308 cm³/mol. The quantitative estimate of drug-likeness (QED) is 0.0748. The largest absolute Gasteiger partial charge is 0.489 e. The molecule has 83 heavy (non-hydrogen) atoms. The Morgan fingerprint density at radius 3 is 1.73 bits per heavy atom. The van der Waals surface area contributed by atoms with Crippen molar-refractivity contribution in [2.75, 3.05) is 6.61 Å². The van der Waals surface area contributed by atoms with Crippen molar-refractivity contribution in [1.82, 2.24) is 0 Å². The van der Waals surface area contributed by atoms with Crippen molar-refractivity contribution < 1.29 is 61.4 Å². The van der Waals surface area contributed by atoms with Crippen LogP contribution in [0.3, 0.4) is 0 Å². The van der Waals surface area contributed by atoms with E-state index >= 15 is 4.79 Å². The van der Waals surface area contributed by atoms with Gasteiger partial charge in [0.1, 0.15) is 60.6 Å². The zero-order chi connectivity index (χ0) is 57.1. The molecule has 12 rings (SSSR count). The van der Waals surface area contributed by atoms with Crippen molar-refractivity contribution in [2.45, 2.75) is 96.0 Å². The molecule has 1 aromatic heterocycles. The number of aryl methyl sites for hydroxylation is 2. The molecule has 0 aliphatic carbocycles. The van der Waals surface area contributed by atoms with Gasteiger partial charge in [-0.05, 0) is 68.1 Å². The third-order valence-electron chi connectivity index (χ3n) is 14.7. The van der Waals surface area contributed by atoms with Gasteiger partial charge >= 0.3 is 17.7 Å². The number of carbonyl (C=O) groups is 2. The lowest BCUT2D eigenvalue weighted by molar-refractivity contribution is -0.262. The van der Waals surface area contributed by atoms with Crippen LogP contribution in [0.1, 0.15) is 58.4 Å². The van der Waals surface area contributed by atoms with Crippen LogP contribution >= 0.6 is 0 Å². The summed E-state index contributed by atoms with van der Waals surface area (Å²) in [7, 11) is 0. The van der Waals surface area contributed by atoms with Crippen molar-refractivity contribution >= 4 is 22.9 Å². The zero-order valence-corrected chi connectivity index (χ0v) is 46.2. The average molecular weight is 1110 g/mol. The maximum Gasteiger partial charge on any atom is 0.310 e. The van der Waals surface area contributed by atoms with Gasteiger partial charge in [-0.3, -0.25) is 14.4 Å². The van der Waals surface area contributed by atoms with Crippen molar-refractivity contribution in [2.24, 2.45) is 0 Å². The minimum atomic E-state index is -1.62. The first-order valence-electron chi connectivity index (χ1n) is 27.6. The Labute approximate surface area is 479 Å². The molecule has 14 nitrogen and oxygen atoms in total. The van der Waals surface area contributed by atoms with E-state index in [2.05, 4.69) is 0 Å². The Morgan fingerprint density at radius 1 is 0.566 bits per heavy atom. The van der Waals surface area contributed by atoms with Gasteiger partial charge in [0, 0.05) is 28.8 Å². The van der Waals surface area contributed by atoms with Crippen molar-refractivity contribution in [1.29, 1.82) is 0 Å². The molecular weight excluding hydrogens is 1050 g/mol. The van der Waals surface area contributed by atoms with E-state index in [0.29, 0.717) is 28.4 Å². The van der Waals surface area contributed by atoms with Crippen molar-refractivity contribution in [3.05, 3.63) is 255 Å². The van der Waals surface area contributed by atoms with E-state index in [1.54, 1.807) is 44.2 Å². The highest BCUT2D eigenvalue weighted by molar-refractivity contribution is 5.89. The number of carbonyl (C=O) groups excluding carboxylic acids is 2. The summed E-state index contributed by atoms with van der Waals surface area (Å²) in [5.41, 5.74) is 6.54. The minimum absolute atomic E-state index is 0.00828. The Kier molecular flexibility index (Phi) is 15.3. The van der Waals surface area contributed by atoms with Crippen LogP contribution in [-0.4, -0.2) is 55.0 Å². The second kappa shape index (κ2) is 23.3. The van der Waals surface area contributed by atoms with E-state index in [9.17, 15) is 9.59 Å². The first-order chi connectivity index (χ1) is 40.3. The second-order valence-electron chi connectivity index (χ2n) is 21.3. The first kappa shape index (κ1) is 54.4. The highest BCUT2D eigenvalue weighted by Gasteiger charge is 2.58. The Morgan fingerprint density at radius 2 is 1.12 bits per heavy atom. The number of rotatable bonds is 18. The summed E-state index contributed by atoms with van der Waals surface area (Å²) in [4.78, 5) is 43.8. The SMILES string of the molecule is Cc1ccc(CC(=O)OC[C@H]2O[C@@H](Oc3c(-c4ccc5c(c4)OC(c4ccccc4)(c4ccccc4)O5)oc4cc(OCc5ccccc5)cc(OCc5ccccc5)c4c3=O)[C@H](OC(=O)Cc3ccc(C)cc3)[C@H]3OC(C)(C)O[C@H]32)cc1. The van der Waals surface area contributed by atoms with Gasteiger partial charge in [0.2, 0.25) is 17.5 Å². The number of hydrogen-bond acceptors (Lipinski definition) is 14. The maximum absolute atomic E-state index is 16.0. The van der Waals surface area contributed by atoms with Crippen LogP contribution in [-0.2, 0) is 65.1 Å². The molecule has 0 spiro atoms. The normalized spacial score (nSPS) is 19.1. The molecule has 3 aliphatic rings. The molecule has 8 aromatic carbocycles. The van der Waals surface area contributed by atoms with E-state index in [-0.39, 0.29) is 60.9 Å². The van der Waals surface area contributed by atoms with Gasteiger partial charge in [0.15, 0.2) is 29.2 Å². The van der Waals surface area contributed by atoms with E-state index in [0.717, 1.165) is 38.9 Å². The van der Waals surface area contributed by atoms with Crippen LogP contribution in [0.15, 0.2) is 209 Å². The average Bonchev–Trinajstić information content (AvgIpc) is 3.74. The molecule has 0 amide bonds. The van der Waals surface area contributed by atoms with E-state index in [1.807, 2.05) is 184 Å². The topological polar surface area (TPSA) is 157 Å². The highest BCUT2D eigenvalue weighted by atomic mass is 16.8. The standard InChI is InChI=1S/C69H60O14/c1-43-25-29-45(30-26-43)35-58(70)75-42-57-63-65(83-68(3,4)82-63)66(78-59(71)36-46-31-27-44(2)28-32-46)67(77-57)79-64-61(72)60-55(74-41-48-19-11-6-12-20-48)38-52(73-40-47-17-9-5-10-18-47)39-56(60)76-62(64)49-33-34-53-54(37-49)81-69(80-53,50-21-13-7-14-22-50)51-23-15-8-16-24-51/h5-34,37-39,57,63,65-67H,35-36,40-42H2,1-4H3/t57-,63+,65+,66-,67+/m1/s1. The maximum atomic E-state index is 16.0. The highest BCUT2D eigenvalue weighted by Crippen LogP contribution is 2.50. The van der Waals surface area contributed by atoms with Gasteiger partial charge in [-0.2, -0.15) is 0 Å². The van der Waals surface area contributed by atoms with Gasteiger partial charge in [0.25, 0.3) is 0 Å². The molecule has 14 heteroatoms. The third kappa shape index (κ3) is 11.9. The molecule has 0 radical (unpaired) electrons. The molecule has 0 saturated carbocycles. The zero-order valence-electron chi connectivity index (χ0n) is 46.2. The van der Waals surface area contributed by atoms with Crippen LogP contribution in [0.2, 0.25) is 0 Å². The van der Waals surface area contributed by atoms with Gasteiger partial charge < -0.3 is 51.8 Å². The Balaban J connectivity index is 0.987. The van der Waals surface area contributed by atoms with Gasteiger partial charge in [0.05, 0.1) is 12.8 Å². The Bertz CT molecular complexity index is 3770. The summed E-state index contributed by atoms with van der Waals surface area (Å²) >= 11 is 0. The molecular formula is C69H60O14. The summed E-state index contributed by atoms with van der Waals surface area (Å²) in [6.45, 7) is 7.34. The van der Waals surface area contributed by atoms with Crippen molar-refractivity contribution in [3.63, 3.8) is 0 Å². The number of hydrogen-bond donors (Lipinski definition) is 0. The lowest BCUT2D eigenvalue weighted by Gasteiger charge is -2.41. The van der Waals surface area contributed by atoms with Crippen LogP contribution in [0.5, 0.6) is 28.7 Å². The predicted octanol–water partition coefficient (Wildman–Crippen LogP) is 12.5. The summed E-state index contributed by atoms with van der Waals surface area (Å²) in [6, 6.07) is 62.0. The number of ether oxygens (including phenoxy) is 10. The molecule has 5 atom stereocenters. The van der Waals surface area contributed by atoms with Crippen LogP contribution < -0.4 is 29.1 Å². The second-order valence-corrected chi connectivity index (χ2v) is 21.3. The summed E-state index contributed by atoms with van der Waals surface area (Å²) in [5, 5.41) is 0.0180. The lowest BCUT2D eigenvalue weighted by atomic mass is 9.97. The molecule has 2 saturated heterocycles. The van der Waals surface area contributed by atoms with E-state index in [1.165, 1.54) is 0 Å². The van der Waals surface area contributed by atoms with Crippen LogP contribution in [0, 0.1) is 13.8 Å². The summed E-state index contributed by atoms with van der Waals surface area (Å²) < 4.78 is 72.9. The summed E-state index contributed by atoms with van der Waals surface area (Å²) in [5.74, 6) is -2.92. The molecule has 0 N–H and O–H groups in total. The lowest BCUT2D eigenvalue weighted by Crippen LogP contribution is -2.60. The number of benzene rings is 8. The van der Waals surface area contributed by atoms with Gasteiger partial charge in [-0.15, -0.1) is 0 Å². The molecule has 3 aliphatic heterocycles. The van der Waals surface area contributed by atoms with Gasteiger partial charge in [-0.25, -0.2) is 0 Å². The van der Waals surface area contributed by atoms with Crippen LogP contribution in [0.25, 0.3) is 22.3 Å². The molecule has 2 fully saturated rings. The molecule has 4 heterocycles. The van der Waals surface area contributed by atoms with Gasteiger partial charge in [-0.1, -0.05) is 181 Å². The van der Waals surface area contributed by atoms with Crippen molar-refractivity contribution in [3.8, 4) is 40.1 Å². The van der Waals surface area contributed by atoms with E-state index in [4.69, 9.17) is 51.8 Å². The molecule has 420 valence electrons.